The first-order chi connectivity index (χ1) is 28.2. The van der Waals surface area contributed by atoms with Gasteiger partial charge in [-0.15, -0.1) is 0 Å². The minimum atomic E-state index is -4.64. The van der Waals surface area contributed by atoms with Crippen LogP contribution in [0.1, 0.15) is 162 Å². The summed E-state index contributed by atoms with van der Waals surface area (Å²) in [6.07, 6.45) is 49.9. The zero-order valence-electron chi connectivity index (χ0n) is 36.0. The number of phosphoric acid groups is 1. The maximum absolute atomic E-state index is 12.6. The monoisotopic (exact) mass is 835 g/mol. The molecule has 58 heavy (non-hydrogen) atoms. The zero-order chi connectivity index (χ0) is 42.6. The molecule has 0 aromatic rings. The lowest BCUT2D eigenvalue weighted by Gasteiger charge is -2.20. The van der Waals surface area contributed by atoms with E-state index in [2.05, 4.69) is 91.3 Å². The van der Waals surface area contributed by atoms with Gasteiger partial charge in [0.2, 0.25) is 0 Å². The predicted molar refractivity (Wildman–Crippen MR) is 237 cm³/mol. The molecule has 0 bridgehead atoms. The number of hydrogen-bond acceptors (Lipinski definition) is 9. The molecule has 10 nitrogen and oxygen atoms in total. The summed E-state index contributed by atoms with van der Waals surface area (Å²) in [5, 5.41) is 18.3. The van der Waals surface area contributed by atoms with Crippen molar-refractivity contribution in [2.75, 3.05) is 26.4 Å². The molecular formula is C47H79O10P. The summed E-state index contributed by atoms with van der Waals surface area (Å²) >= 11 is 0. The Morgan fingerprint density at radius 2 is 0.983 bits per heavy atom. The number of aliphatic hydroxyl groups excluding tert-OH is 2. The summed E-state index contributed by atoms with van der Waals surface area (Å²) < 4.78 is 32.6. The van der Waals surface area contributed by atoms with Gasteiger partial charge in [-0.2, -0.15) is 0 Å². The van der Waals surface area contributed by atoms with Crippen molar-refractivity contribution in [2.45, 2.75) is 174 Å². The summed E-state index contributed by atoms with van der Waals surface area (Å²) in [5.41, 5.74) is 0. The van der Waals surface area contributed by atoms with E-state index in [4.69, 9.17) is 19.1 Å². The minimum Gasteiger partial charge on any atom is -0.462 e. The second kappa shape index (κ2) is 42.3. The van der Waals surface area contributed by atoms with Gasteiger partial charge in [-0.1, -0.05) is 157 Å². The molecule has 0 aromatic heterocycles. The first-order valence-corrected chi connectivity index (χ1v) is 23.5. The van der Waals surface area contributed by atoms with E-state index in [1.807, 2.05) is 12.2 Å². The van der Waals surface area contributed by atoms with Gasteiger partial charge in [-0.05, 0) is 77.0 Å². The smallest absolute Gasteiger partial charge is 0.462 e. The van der Waals surface area contributed by atoms with Crippen LogP contribution in [0.2, 0.25) is 0 Å². The fourth-order valence-corrected chi connectivity index (χ4v) is 6.21. The molecule has 3 atom stereocenters. The number of hydrogen-bond donors (Lipinski definition) is 3. The molecular weight excluding hydrogens is 755 g/mol. The maximum Gasteiger partial charge on any atom is 0.472 e. The van der Waals surface area contributed by atoms with Gasteiger partial charge >= 0.3 is 19.8 Å². The van der Waals surface area contributed by atoms with Crippen molar-refractivity contribution in [2.24, 2.45) is 0 Å². The van der Waals surface area contributed by atoms with Gasteiger partial charge in [0, 0.05) is 12.8 Å². The van der Waals surface area contributed by atoms with Crippen molar-refractivity contribution in [3.63, 3.8) is 0 Å². The van der Waals surface area contributed by atoms with Gasteiger partial charge in [-0.25, -0.2) is 4.57 Å². The van der Waals surface area contributed by atoms with Crippen LogP contribution < -0.4 is 0 Å². The van der Waals surface area contributed by atoms with Crippen molar-refractivity contribution >= 4 is 19.8 Å². The molecule has 3 unspecified atom stereocenters. The van der Waals surface area contributed by atoms with E-state index in [0.717, 1.165) is 77.0 Å². The van der Waals surface area contributed by atoms with Crippen LogP contribution in [0.5, 0.6) is 0 Å². The summed E-state index contributed by atoms with van der Waals surface area (Å²) in [7, 11) is -4.64. The van der Waals surface area contributed by atoms with E-state index in [9.17, 15) is 24.2 Å². The van der Waals surface area contributed by atoms with Crippen molar-refractivity contribution in [1.29, 1.82) is 0 Å². The second-order valence-electron chi connectivity index (χ2n) is 14.3. The Bertz CT molecular complexity index is 1240. The van der Waals surface area contributed by atoms with Crippen molar-refractivity contribution in [3.05, 3.63) is 85.1 Å². The molecule has 0 aliphatic heterocycles. The second-order valence-corrected chi connectivity index (χ2v) is 15.8. The number of carbonyl (C=O) groups excluding carboxylic acids is 2. The number of aliphatic hydroxyl groups is 2. The Kier molecular flexibility index (Phi) is 40.2. The summed E-state index contributed by atoms with van der Waals surface area (Å²) in [6, 6.07) is 0. The van der Waals surface area contributed by atoms with Gasteiger partial charge < -0.3 is 24.6 Å². The standard InChI is InChI=1S/C47H79O10P/c1-3-5-7-9-11-13-15-17-19-21-22-23-25-27-29-31-33-35-37-39-47(51)57-45(43-56-58(52,53)55-41-44(49)40-48)42-54-46(50)38-36-34-32-30-28-26-24-20-18-16-14-12-10-8-6-4-2/h5,7,11,13,17,19-20,22-24,27,29,33,35,44-45,48-49H,3-4,6,8-10,12,14-16,18,21,25-26,28,30-32,34,36-43H2,1-2H3,(H,52,53)/b7-5-,13-11-,19-17-,23-22-,24-20-,29-27-,35-33-. The Morgan fingerprint density at radius 1 is 0.534 bits per heavy atom. The molecule has 0 aliphatic carbocycles. The first kappa shape index (κ1) is 55.2. The maximum atomic E-state index is 12.6. The molecule has 0 saturated carbocycles. The molecule has 332 valence electrons. The molecule has 0 saturated heterocycles. The quantitative estimate of drug-likeness (QED) is 0.0236. The summed E-state index contributed by atoms with van der Waals surface area (Å²) in [6.45, 7) is 2.15. The lowest BCUT2D eigenvalue weighted by molar-refractivity contribution is -0.161. The largest absolute Gasteiger partial charge is 0.472 e. The highest BCUT2D eigenvalue weighted by molar-refractivity contribution is 7.47. The number of phosphoric ester groups is 1. The van der Waals surface area contributed by atoms with E-state index in [1.54, 1.807) is 0 Å². The molecule has 11 heteroatoms. The van der Waals surface area contributed by atoms with Gasteiger partial charge in [0.1, 0.15) is 12.7 Å². The molecule has 3 N–H and O–H groups in total. The van der Waals surface area contributed by atoms with E-state index >= 15 is 0 Å². The fraction of sp³-hybridized carbons (Fsp3) is 0.660. The number of ether oxygens (including phenoxy) is 2. The van der Waals surface area contributed by atoms with E-state index < -0.39 is 51.8 Å². The molecule has 0 aromatic carbocycles. The average molecular weight is 835 g/mol. The highest BCUT2D eigenvalue weighted by Crippen LogP contribution is 2.43. The Morgan fingerprint density at radius 3 is 1.50 bits per heavy atom. The number of allylic oxidation sites excluding steroid dienone is 14. The van der Waals surface area contributed by atoms with Gasteiger partial charge in [0.05, 0.1) is 19.8 Å². The van der Waals surface area contributed by atoms with E-state index in [-0.39, 0.29) is 19.4 Å². The lowest BCUT2D eigenvalue weighted by atomic mass is 10.1. The summed E-state index contributed by atoms with van der Waals surface area (Å²) in [5.74, 6) is -1.04. The van der Waals surface area contributed by atoms with E-state index in [1.165, 1.54) is 44.9 Å². The van der Waals surface area contributed by atoms with Crippen molar-refractivity contribution in [3.8, 4) is 0 Å². The molecule has 0 rings (SSSR count). The minimum absolute atomic E-state index is 0.0532. The highest BCUT2D eigenvalue weighted by atomic mass is 31.2. The van der Waals surface area contributed by atoms with E-state index in [0.29, 0.717) is 12.8 Å². The molecule has 0 fully saturated rings. The Labute approximate surface area is 351 Å². The third-order valence-corrected chi connectivity index (χ3v) is 9.75. The van der Waals surface area contributed by atoms with Crippen LogP contribution in [-0.2, 0) is 32.7 Å². The SMILES string of the molecule is CC/C=C\C/C=C\C/C=C\C/C=C\C/C=C\C/C=C\CCC(=O)OC(COC(=O)CCCCCCC/C=C\CCCCCCCCC)COP(=O)(O)OCC(O)CO. The van der Waals surface area contributed by atoms with Crippen LogP contribution in [0.3, 0.4) is 0 Å². The first-order valence-electron chi connectivity index (χ1n) is 22.0. The van der Waals surface area contributed by atoms with Crippen molar-refractivity contribution < 1.29 is 47.8 Å². The summed E-state index contributed by atoms with van der Waals surface area (Å²) in [4.78, 5) is 35.0. The van der Waals surface area contributed by atoms with Crippen molar-refractivity contribution in [1.82, 2.24) is 0 Å². The van der Waals surface area contributed by atoms with Crippen LogP contribution in [-0.4, -0.2) is 65.7 Å². The molecule has 0 amide bonds. The van der Waals surface area contributed by atoms with Gasteiger partial charge in [-0.3, -0.25) is 18.6 Å². The molecule has 0 heterocycles. The average Bonchev–Trinajstić information content (AvgIpc) is 3.21. The van der Waals surface area contributed by atoms with Crippen LogP contribution in [0.4, 0.5) is 0 Å². The Hall–Kier alpha value is -2.85. The van der Waals surface area contributed by atoms with Crippen LogP contribution >= 0.6 is 7.82 Å². The third kappa shape index (κ3) is 41.3. The topological polar surface area (TPSA) is 149 Å². The van der Waals surface area contributed by atoms with Gasteiger partial charge in [0.25, 0.3) is 0 Å². The van der Waals surface area contributed by atoms with Crippen LogP contribution in [0.15, 0.2) is 85.1 Å². The number of rotatable bonds is 40. The molecule has 0 spiro atoms. The molecule has 0 radical (unpaired) electrons. The van der Waals surface area contributed by atoms with Crippen LogP contribution in [0, 0.1) is 0 Å². The number of unbranched alkanes of at least 4 members (excludes halogenated alkanes) is 12. The fourth-order valence-electron chi connectivity index (χ4n) is 5.42. The number of carbonyl (C=O) groups is 2. The zero-order valence-corrected chi connectivity index (χ0v) is 36.9. The van der Waals surface area contributed by atoms with Crippen LogP contribution in [0.25, 0.3) is 0 Å². The lowest BCUT2D eigenvalue weighted by Crippen LogP contribution is -2.29. The Balaban J connectivity index is 4.45. The third-order valence-electron chi connectivity index (χ3n) is 8.80. The normalized spacial score (nSPS) is 14.6. The number of esters is 2. The highest BCUT2D eigenvalue weighted by Gasteiger charge is 2.27. The van der Waals surface area contributed by atoms with Gasteiger partial charge in [0.15, 0.2) is 6.10 Å². The predicted octanol–water partition coefficient (Wildman–Crippen LogP) is 11.8. The molecule has 0 aliphatic rings.